The van der Waals surface area contributed by atoms with Crippen molar-refractivity contribution in [3.8, 4) is 0 Å². The molecule has 0 nitrogen and oxygen atoms in total. The molecule has 0 unspecified atom stereocenters. The van der Waals surface area contributed by atoms with Gasteiger partial charge in [0.25, 0.3) is 0 Å². The minimum absolute atomic E-state index is 0.916. The predicted molar refractivity (Wildman–Crippen MR) is 35.3 cm³/mol. The zero-order valence-electron chi connectivity index (χ0n) is 4.91. The molecule has 0 aromatic carbocycles. The molecule has 0 saturated carbocycles. The second-order valence-corrected chi connectivity index (χ2v) is 2.11. The van der Waals surface area contributed by atoms with Crippen molar-refractivity contribution in [2.24, 2.45) is 0 Å². The van der Waals surface area contributed by atoms with Gasteiger partial charge in [-0.1, -0.05) is 30.4 Å². The maximum atomic E-state index is 3.82. The fourth-order valence-corrected chi connectivity index (χ4v) is 0.774. The summed E-state index contributed by atoms with van der Waals surface area (Å²) in [5.41, 5.74) is 2.35. The Bertz CT molecular complexity index is 149. The van der Waals surface area contributed by atoms with E-state index in [0.29, 0.717) is 0 Å². The molecule has 1 aliphatic rings. The Morgan fingerprint density at radius 3 is 2.62 bits per heavy atom. The van der Waals surface area contributed by atoms with Gasteiger partial charge in [-0.25, -0.2) is 0 Å². The van der Waals surface area contributed by atoms with E-state index in [1.807, 2.05) is 6.08 Å². The predicted octanol–water partition coefficient (Wildman–Crippen LogP) is 2.25. The van der Waals surface area contributed by atoms with E-state index in [9.17, 15) is 0 Å². The molecule has 41 valence electrons. The van der Waals surface area contributed by atoms with Gasteiger partial charge in [0.1, 0.15) is 0 Å². The van der Waals surface area contributed by atoms with Crippen LogP contribution in [0.15, 0.2) is 30.4 Å². The molecule has 0 spiro atoms. The maximum absolute atomic E-state index is 3.82. The van der Waals surface area contributed by atoms with Gasteiger partial charge in [-0.15, -0.1) is 0 Å². The average Bonchev–Trinajstić information content (AvgIpc) is 1.64. The molecular formula is C8H9. The van der Waals surface area contributed by atoms with Crippen molar-refractivity contribution < 1.29 is 0 Å². The number of hydrogen-bond donors (Lipinski definition) is 0. The van der Waals surface area contributed by atoms with Crippen LogP contribution in [0.3, 0.4) is 0 Å². The molecule has 1 radical (unpaired) electrons. The van der Waals surface area contributed by atoms with Crippen LogP contribution in [0.1, 0.15) is 12.8 Å². The minimum atomic E-state index is 0.916. The Labute approximate surface area is 50.2 Å². The van der Waals surface area contributed by atoms with Crippen LogP contribution in [0, 0.1) is 6.08 Å². The molecule has 1 rings (SSSR count). The molecule has 0 amide bonds. The summed E-state index contributed by atoms with van der Waals surface area (Å²) in [4.78, 5) is 0. The van der Waals surface area contributed by atoms with Crippen LogP contribution in [-0.4, -0.2) is 0 Å². The van der Waals surface area contributed by atoms with E-state index in [0.717, 1.165) is 18.4 Å². The lowest BCUT2D eigenvalue weighted by molar-refractivity contribution is 1.03. The Hall–Kier alpha value is -0.780. The third-order valence-corrected chi connectivity index (χ3v) is 1.14. The molecule has 1 aliphatic carbocycles. The summed E-state index contributed by atoms with van der Waals surface area (Å²) < 4.78 is 0. The summed E-state index contributed by atoms with van der Waals surface area (Å²) in [6.07, 6.45) is 6.88. The molecule has 0 heteroatoms. The summed E-state index contributed by atoms with van der Waals surface area (Å²) in [6, 6.07) is 0. The van der Waals surface area contributed by atoms with E-state index < -0.39 is 0 Å². The third-order valence-electron chi connectivity index (χ3n) is 1.14. The van der Waals surface area contributed by atoms with Crippen LogP contribution in [0.25, 0.3) is 0 Å². The van der Waals surface area contributed by atoms with Crippen molar-refractivity contribution in [3.63, 3.8) is 0 Å². The molecule has 0 saturated heterocycles. The summed E-state index contributed by atoms with van der Waals surface area (Å²) >= 11 is 0. The molecule has 0 N–H and O–H groups in total. The Kier molecular flexibility index (Phi) is 1.34. The quantitative estimate of drug-likeness (QED) is 0.414. The summed E-state index contributed by atoms with van der Waals surface area (Å²) in [6.45, 7) is 7.61. The van der Waals surface area contributed by atoms with Crippen LogP contribution >= 0.6 is 0 Å². The van der Waals surface area contributed by atoms with Gasteiger partial charge in [0.2, 0.25) is 0 Å². The average molecular weight is 105 g/mol. The van der Waals surface area contributed by atoms with Crippen molar-refractivity contribution in [1.82, 2.24) is 0 Å². The van der Waals surface area contributed by atoms with Gasteiger partial charge in [0.15, 0.2) is 0 Å². The number of allylic oxidation sites excluding steroid dienone is 4. The highest BCUT2D eigenvalue weighted by molar-refractivity contribution is 5.25. The van der Waals surface area contributed by atoms with Gasteiger partial charge in [0, 0.05) is 0 Å². The van der Waals surface area contributed by atoms with E-state index in [1.165, 1.54) is 5.57 Å². The first kappa shape index (κ1) is 5.36. The molecule has 0 aliphatic heterocycles. The van der Waals surface area contributed by atoms with Gasteiger partial charge < -0.3 is 0 Å². The standard InChI is InChI=1S/C8H9/c1-7-4-3-5-8(2)6-7/h4H,1-2,5-6H2. The van der Waals surface area contributed by atoms with Crippen molar-refractivity contribution in [2.45, 2.75) is 12.8 Å². The SMILES string of the molecule is C=C1C=[C]CC(=C)C1. The molecular weight excluding hydrogens is 96.1 g/mol. The van der Waals surface area contributed by atoms with Crippen molar-refractivity contribution >= 4 is 0 Å². The molecule has 0 bridgehead atoms. The van der Waals surface area contributed by atoms with Crippen LogP contribution in [0.5, 0.6) is 0 Å². The lowest BCUT2D eigenvalue weighted by atomic mass is 9.99. The van der Waals surface area contributed by atoms with Gasteiger partial charge >= 0.3 is 0 Å². The largest absolute Gasteiger partial charge is 0.0992 e. The third kappa shape index (κ3) is 1.09. The summed E-state index contributed by atoms with van der Waals surface area (Å²) in [5.74, 6) is 0. The summed E-state index contributed by atoms with van der Waals surface area (Å²) in [7, 11) is 0. The zero-order chi connectivity index (χ0) is 5.98. The zero-order valence-corrected chi connectivity index (χ0v) is 4.91. The van der Waals surface area contributed by atoms with Gasteiger partial charge in [-0.05, 0) is 18.9 Å². The van der Waals surface area contributed by atoms with Gasteiger partial charge in [0.05, 0.1) is 0 Å². The van der Waals surface area contributed by atoms with Crippen molar-refractivity contribution in [2.75, 3.05) is 0 Å². The molecule has 0 heterocycles. The highest BCUT2D eigenvalue weighted by Gasteiger charge is 1.98. The Balaban J connectivity index is 2.68. The second-order valence-electron chi connectivity index (χ2n) is 2.11. The first-order chi connectivity index (χ1) is 3.79. The van der Waals surface area contributed by atoms with Crippen LogP contribution < -0.4 is 0 Å². The molecule has 0 aromatic rings. The van der Waals surface area contributed by atoms with Crippen LogP contribution in [0.2, 0.25) is 0 Å². The molecule has 0 fully saturated rings. The lowest BCUT2D eigenvalue weighted by Gasteiger charge is -2.06. The Morgan fingerprint density at radius 2 is 2.25 bits per heavy atom. The van der Waals surface area contributed by atoms with Crippen molar-refractivity contribution in [3.05, 3.63) is 36.5 Å². The first-order valence-corrected chi connectivity index (χ1v) is 2.70. The molecule has 8 heavy (non-hydrogen) atoms. The van der Waals surface area contributed by atoms with Gasteiger partial charge in [-0.2, -0.15) is 0 Å². The highest BCUT2D eigenvalue weighted by Crippen LogP contribution is 2.17. The normalized spacial score (nSPS) is 19.5. The van der Waals surface area contributed by atoms with E-state index in [1.54, 1.807) is 0 Å². The maximum Gasteiger partial charge on any atom is -0.00635 e. The topological polar surface area (TPSA) is 0 Å². The van der Waals surface area contributed by atoms with E-state index >= 15 is 0 Å². The fraction of sp³-hybridized carbons (Fsp3) is 0.250. The smallest absolute Gasteiger partial charge is 0.00635 e. The van der Waals surface area contributed by atoms with E-state index in [-0.39, 0.29) is 0 Å². The van der Waals surface area contributed by atoms with Crippen LogP contribution in [0.4, 0.5) is 0 Å². The fourth-order valence-electron chi connectivity index (χ4n) is 0.774. The number of hydrogen-bond acceptors (Lipinski definition) is 0. The molecule has 0 atom stereocenters. The summed E-state index contributed by atoms with van der Waals surface area (Å²) in [5, 5.41) is 0. The Morgan fingerprint density at radius 1 is 1.50 bits per heavy atom. The van der Waals surface area contributed by atoms with E-state index in [2.05, 4.69) is 19.2 Å². The van der Waals surface area contributed by atoms with Gasteiger partial charge in [-0.3, -0.25) is 0 Å². The second kappa shape index (κ2) is 1.99. The van der Waals surface area contributed by atoms with Crippen LogP contribution in [-0.2, 0) is 0 Å². The number of rotatable bonds is 0. The van der Waals surface area contributed by atoms with E-state index in [4.69, 9.17) is 0 Å². The minimum Gasteiger partial charge on any atom is -0.0992 e. The lowest BCUT2D eigenvalue weighted by Crippen LogP contribution is -1.87. The molecule has 0 aromatic heterocycles. The highest BCUT2D eigenvalue weighted by atomic mass is 14.0. The first-order valence-electron chi connectivity index (χ1n) is 2.70. The monoisotopic (exact) mass is 105 g/mol. The van der Waals surface area contributed by atoms with Crippen molar-refractivity contribution in [1.29, 1.82) is 0 Å².